The summed E-state index contributed by atoms with van der Waals surface area (Å²) in [6.07, 6.45) is 0.618. The number of hydrogen-bond acceptors (Lipinski definition) is 7. The topological polar surface area (TPSA) is 75.6 Å². The van der Waals surface area contributed by atoms with Crippen LogP contribution in [0.5, 0.6) is 11.5 Å². The first-order chi connectivity index (χ1) is 13.9. The highest BCUT2D eigenvalue weighted by molar-refractivity contribution is 14.0. The average molecular weight is 532 g/mol. The summed E-state index contributed by atoms with van der Waals surface area (Å²) in [5.41, 5.74) is -0.472. The number of nitrogens with zero attached hydrogens (tertiary/aromatic N) is 3. The average Bonchev–Trinajstić information content (AvgIpc) is 3.09. The summed E-state index contributed by atoms with van der Waals surface area (Å²) >= 11 is 0. The van der Waals surface area contributed by atoms with Crippen molar-refractivity contribution < 1.29 is 19.0 Å². The maximum Gasteiger partial charge on any atom is 0.410 e. The zero-order valence-electron chi connectivity index (χ0n) is 18.2. The van der Waals surface area contributed by atoms with Crippen molar-refractivity contribution in [3.63, 3.8) is 0 Å². The molecule has 0 aliphatic carbocycles. The number of nitrogens with one attached hydrogen (secondary N) is 1. The quantitative estimate of drug-likeness (QED) is 0.449. The van der Waals surface area contributed by atoms with Crippen LogP contribution >= 0.6 is 24.0 Å². The van der Waals surface area contributed by atoms with Gasteiger partial charge in [0.1, 0.15) is 17.1 Å². The van der Waals surface area contributed by atoms with Crippen molar-refractivity contribution in [1.82, 2.24) is 15.1 Å². The number of fused-ring (bicyclic) bond motifs is 1. The van der Waals surface area contributed by atoms with Crippen LogP contribution in [0.3, 0.4) is 0 Å². The van der Waals surface area contributed by atoms with E-state index >= 15 is 0 Å². The van der Waals surface area contributed by atoms with E-state index in [4.69, 9.17) is 14.2 Å². The van der Waals surface area contributed by atoms with Crippen LogP contribution in [0.1, 0.15) is 27.2 Å². The molecule has 0 spiro atoms. The Morgan fingerprint density at radius 3 is 2.77 bits per heavy atom. The number of ether oxygens (including phenoxy) is 3. The van der Waals surface area contributed by atoms with Crippen molar-refractivity contribution in [3.05, 3.63) is 24.3 Å². The highest BCUT2D eigenvalue weighted by atomic mass is 127. The Hall–Kier alpha value is -1.91. The molecule has 2 aliphatic rings. The third-order valence-corrected chi connectivity index (χ3v) is 4.77. The van der Waals surface area contributed by atoms with E-state index in [0.29, 0.717) is 26.2 Å². The number of piperazine rings is 1. The maximum absolute atomic E-state index is 12.3. The molecule has 2 aliphatic heterocycles. The van der Waals surface area contributed by atoms with E-state index in [9.17, 15) is 4.79 Å². The van der Waals surface area contributed by atoms with Crippen molar-refractivity contribution >= 4 is 36.0 Å². The second-order valence-corrected chi connectivity index (χ2v) is 8.25. The summed E-state index contributed by atoms with van der Waals surface area (Å²) in [4.78, 5) is 21.0. The number of guanidine groups is 1. The van der Waals surface area contributed by atoms with E-state index in [1.807, 2.05) is 45.0 Å². The van der Waals surface area contributed by atoms with Gasteiger partial charge in [0.25, 0.3) is 0 Å². The predicted octanol–water partition coefficient (Wildman–Crippen LogP) is 2.96. The first-order valence-corrected chi connectivity index (χ1v) is 10.2. The minimum Gasteiger partial charge on any atom is -0.497 e. The van der Waals surface area contributed by atoms with Gasteiger partial charge < -0.3 is 29.3 Å². The van der Waals surface area contributed by atoms with E-state index in [-0.39, 0.29) is 36.1 Å². The molecule has 1 amide bonds. The molecule has 0 radical (unpaired) electrons. The summed E-state index contributed by atoms with van der Waals surface area (Å²) in [5.74, 6) is 2.51. The van der Waals surface area contributed by atoms with Gasteiger partial charge in [-0.05, 0) is 39.3 Å². The molecule has 1 aromatic carbocycles. The number of amides is 1. The van der Waals surface area contributed by atoms with Crippen LogP contribution in [-0.2, 0) is 4.74 Å². The predicted molar refractivity (Wildman–Crippen MR) is 127 cm³/mol. The Balaban J connectivity index is 0.00000320. The van der Waals surface area contributed by atoms with Gasteiger partial charge in [0, 0.05) is 32.2 Å². The molecule has 1 saturated heterocycles. The maximum atomic E-state index is 12.3. The SMILES string of the molecule is COc1cccc(OCCCNC2=NCC3CN(C(=O)OC(C)(C)C)CCN23)c1.I. The molecule has 30 heavy (non-hydrogen) atoms. The van der Waals surface area contributed by atoms with E-state index < -0.39 is 5.60 Å². The third kappa shape index (κ3) is 6.82. The van der Waals surface area contributed by atoms with Gasteiger partial charge in [-0.3, -0.25) is 4.99 Å². The number of methoxy groups -OCH3 is 1. The van der Waals surface area contributed by atoms with Crippen LogP contribution in [0.15, 0.2) is 29.3 Å². The molecule has 8 nitrogen and oxygen atoms in total. The number of rotatable bonds is 6. The normalized spacial score (nSPS) is 18.1. The van der Waals surface area contributed by atoms with Crippen LogP contribution in [0, 0.1) is 0 Å². The molecule has 1 aromatic rings. The van der Waals surface area contributed by atoms with Gasteiger partial charge >= 0.3 is 6.09 Å². The molecule has 1 fully saturated rings. The molecule has 1 unspecified atom stereocenters. The van der Waals surface area contributed by atoms with E-state index in [0.717, 1.165) is 37.0 Å². The zero-order valence-corrected chi connectivity index (χ0v) is 20.5. The van der Waals surface area contributed by atoms with Gasteiger partial charge in [-0.25, -0.2) is 4.79 Å². The van der Waals surface area contributed by atoms with Crippen LogP contribution in [0.2, 0.25) is 0 Å². The molecule has 3 rings (SSSR count). The Morgan fingerprint density at radius 1 is 1.27 bits per heavy atom. The van der Waals surface area contributed by atoms with Crippen LogP contribution in [0.25, 0.3) is 0 Å². The van der Waals surface area contributed by atoms with E-state index in [2.05, 4.69) is 15.2 Å². The second kappa shape index (κ2) is 10.9. The van der Waals surface area contributed by atoms with Gasteiger partial charge in [-0.2, -0.15) is 0 Å². The first-order valence-electron chi connectivity index (χ1n) is 10.2. The number of benzene rings is 1. The Morgan fingerprint density at radius 2 is 2.03 bits per heavy atom. The number of aliphatic imine (C=N–C) groups is 1. The van der Waals surface area contributed by atoms with Crippen LogP contribution in [-0.4, -0.2) is 79.9 Å². The van der Waals surface area contributed by atoms with Crippen molar-refractivity contribution in [3.8, 4) is 11.5 Å². The molecule has 1 atom stereocenters. The lowest BCUT2D eigenvalue weighted by Gasteiger charge is -2.39. The second-order valence-electron chi connectivity index (χ2n) is 8.25. The summed E-state index contributed by atoms with van der Waals surface area (Å²) in [6, 6.07) is 7.82. The van der Waals surface area contributed by atoms with Crippen molar-refractivity contribution in [2.24, 2.45) is 4.99 Å². The van der Waals surface area contributed by atoms with Gasteiger partial charge in [-0.1, -0.05) is 6.07 Å². The molecule has 0 bridgehead atoms. The van der Waals surface area contributed by atoms with E-state index in [1.54, 1.807) is 12.0 Å². The van der Waals surface area contributed by atoms with Gasteiger partial charge in [-0.15, -0.1) is 24.0 Å². The molecular weight excluding hydrogens is 499 g/mol. The fourth-order valence-corrected chi connectivity index (χ4v) is 3.38. The van der Waals surface area contributed by atoms with Gasteiger partial charge in [0.05, 0.1) is 26.3 Å². The molecule has 1 N–H and O–H groups in total. The smallest absolute Gasteiger partial charge is 0.410 e. The summed E-state index contributed by atoms with van der Waals surface area (Å²) in [6.45, 7) is 9.80. The van der Waals surface area contributed by atoms with Gasteiger partial charge in [0.2, 0.25) is 0 Å². The molecule has 168 valence electrons. The standard InChI is InChI=1S/C21H32N4O4.HI/c1-21(2,3)29-20(26)24-10-11-25-16(15-24)14-23-19(25)22-9-6-12-28-18-8-5-7-17(13-18)27-4;/h5,7-8,13,16H,6,9-12,14-15H2,1-4H3,(H,22,23);1H. The van der Waals surface area contributed by atoms with Crippen molar-refractivity contribution in [1.29, 1.82) is 0 Å². The zero-order chi connectivity index (χ0) is 20.9. The first kappa shape index (κ1) is 24.4. The Labute approximate surface area is 196 Å². The molecule has 9 heteroatoms. The lowest BCUT2D eigenvalue weighted by molar-refractivity contribution is 0.0137. The highest BCUT2D eigenvalue weighted by Crippen LogP contribution is 2.20. The number of halogens is 1. The fourth-order valence-electron chi connectivity index (χ4n) is 3.38. The lowest BCUT2D eigenvalue weighted by Crippen LogP contribution is -2.57. The molecule has 0 aromatic heterocycles. The van der Waals surface area contributed by atoms with Crippen molar-refractivity contribution in [2.45, 2.75) is 38.8 Å². The lowest BCUT2D eigenvalue weighted by atomic mass is 10.2. The van der Waals surface area contributed by atoms with Crippen LogP contribution < -0.4 is 14.8 Å². The summed E-state index contributed by atoms with van der Waals surface area (Å²) in [5, 5.41) is 3.41. The summed E-state index contributed by atoms with van der Waals surface area (Å²) in [7, 11) is 1.64. The highest BCUT2D eigenvalue weighted by Gasteiger charge is 2.36. The minimum atomic E-state index is -0.472. The molecule has 0 saturated carbocycles. The largest absolute Gasteiger partial charge is 0.497 e. The monoisotopic (exact) mass is 532 g/mol. The Bertz CT molecular complexity index is 738. The summed E-state index contributed by atoms with van der Waals surface area (Å²) < 4.78 is 16.5. The fraction of sp³-hybridized carbons (Fsp3) is 0.619. The number of hydrogen-bond donors (Lipinski definition) is 1. The minimum absolute atomic E-state index is 0. The van der Waals surface area contributed by atoms with E-state index in [1.165, 1.54) is 0 Å². The Kier molecular flexibility index (Phi) is 8.87. The van der Waals surface area contributed by atoms with Crippen LogP contribution in [0.4, 0.5) is 4.79 Å². The molecular formula is C21H33IN4O4. The third-order valence-electron chi connectivity index (χ3n) is 4.77. The van der Waals surface area contributed by atoms with Gasteiger partial charge in [0.15, 0.2) is 5.96 Å². The number of carbonyl (C=O) groups is 1. The van der Waals surface area contributed by atoms with Crippen molar-refractivity contribution in [2.75, 3.05) is 46.4 Å². The number of carbonyl (C=O) groups excluding carboxylic acids is 1. The molecule has 2 heterocycles.